The minimum absolute atomic E-state index is 0.420. The fourth-order valence-corrected chi connectivity index (χ4v) is 12.4. The topological polar surface area (TPSA) is 106 Å². The van der Waals surface area contributed by atoms with E-state index in [4.69, 9.17) is 15.0 Å². The van der Waals surface area contributed by atoms with E-state index >= 15 is 0 Å². The van der Waals surface area contributed by atoms with Crippen molar-refractivity contribution < 1.29 is 0 Å². The smallest absolute Gasteiger partial charge is 0.166 e. The highest BCUT2D eigenvalue weighted by molar-refractivity contribution is 6.14. The summed E-state index contributed by atoms with van der Waals surface area (Å²) in [6.07, 6.45) is 0. The molecule has 5 aromatic heterocycles. The molecule has 0 unspecified atom stereocenters. The van der Waals surface area contributed by atoms with Crippen LogP contribution in [0.4, 0.5) is 0 Å². The van der Waals surface area contributed by atoms with E-state index < -0.39 is 0 Å². The van der Waals surface area contributed by atoms with Crippen LogP contribution in [0.1, 0.15) is 11.1 Å². The Kier molecular flexibility index (Phi) is 9.86. The Morgan fingerprint density at radius 3 is 0.938 bits per heavy atom. The lowest BCUT2D eigenvalue weighted by Gasteiger charge is -2.17. The Balaban J connectivity index is 0.949. The van der Waals surface area contributed by atoms with Gasteiger partial charge >= 0.3 is 0 Å². The number of nitriles is 2. The summed E-state index contributed by atoms with van der Waals surface area (Å²) in [5, 5.41) is 30.3. The van der Waals surface area contributed by atoms with Crippen LogP contribution in [0, 0.1) is 22.7 Å². The molecule has 0 amide bonds. The molecule has 0 aliphatic heterocycles. The summed E-state index contributed by atoms with van der Waals surface area (Å²) in [6.45, 7) is 0. The molecular formula is C71H41N9. The fourth-order valence-electron chi connectivity index (χ4n) is 12.4. The Hall–Kier alpha value is -11.4. The molecule has 0 fully saturated rings. The zero-order valence-electron chi connectivity index (χ0n) is 42.7. The summed E-state index contributed by atoms with van der Waals surface area (Å²) in [5.74, 6) is 1.32. The van der Waals surface area contributed by atoms with E-state index in [0.29, 0.717) is 39.7 Å². The zero-order chi connectivity index (χ0) is 53.0. The van der Waals surface area contributed by atoms with Gasteiger partial charge in [0, 0.05) is 71.2 Å². The Bertz CT molecular complexity index is 4930. The number of rotatable bonds is 7. The van der Waals surface area contributed by atoms with Crippen LogP contribution in [0.15, 0.2) is 249 Å². The molecule has 11 aromatic carbocycles. The average Bonchev–Trinajstić information content (AvgIpc) is 4.28. The predicted molar refractivity (Wildman–Crippen MR) is 323 cm³/mol. The van der Waals surface area contributed by atoms with Crippen molar-refractivity contribution in [2.45, 2.75) is 0 Å². The second-order valence-electron chi connectivity index (χ2n) is 20.2. The van der Waals surface area contributed by atoms with Gasteiger partial charge in [0.05, 0.1) is 78.8 Å². The van der Waals surface area contributed by atoms with E-state index in [2.05, 4.69) is 212 Å². The lowest BCUT2D eigenvalue weighted by Crippen LogP contribution is -2.06. The van der Waals surface area contributed by atoms with Gasteiger partial charge in [-0.05, 0) is 97.1 Å². The third-order valence-electron chi connectivity index (χ3n) is 15.9. The molecule has 16 aromatic rings. The molecule has 370 valence electrons. The molecule has 0 aliphatic rings. The first-order chi connectivity index (χ1) is 39.6. The first-order valence-corrected chi connectivity index (χ1v) is 26.5. The monoisotopic (exact) mass is 1020 g/mol. The molecule has 0 saturated heterocycles. The Morgan fingerprint density at radius 1 is 0.263 bits per heavy atom. The van der Waals surface area contributed by atoms with Crippen molar-refractivity contribution in [2.75, 3.05) is 0 Å². The van der Waals surface area contributed by atoms with Crippen LogP contribution < -0.4 is 0 Å². The molecule has 0 N–H and O–H groups in total. The van der Waals surface area contributed by atoms with Crippen LogP contribution in [0.25, 0.3) is 144 Å². The standard InChI is InChI=1S/C71H41N9/c72-42-44-30-34-57(65(38-44)79-63-28-14-8-22-53(63)55-36-32-47(40-67(55)79)77-59-24-10-4-18-49(59)50-19-5-11-25-60(50)77)70-74-69(46-16-2-1-3-17-46)75-71(76-70)58-35-31-45(43-73)39-66(58)80-64-29-15-9-23-54(64)56-37-33-48(41-68(56)80)78-61-26-12-6-20-51(61)52-21-7-13-27-62(52)78/h1-41H. The molecule has 0 aliphatic carbocycles. The normalized spacial score (nSPS) is 11.7. The van der Waals surface area contributed by atoms with Gasteiger partial charge in [0.2, 0.25) is 0 Å². The summed E-state index contributed by atoms with van der Waals surface area (Å²) < 4.78 is 9.18. The molecule has 80 heavy (non-hydrogen) atoms. The van der Waals surface area contributed by atoms with Crippen LogP contribution in [0.2, 0.25) is 0 Å². The Morgan fingerprint density at radius 2 is 0.575 bits per heavy atom. The van der Waals surface area contributed by atoms with Gasteiger partial charge < -0.3 is 18.3 Å². The van der Waals surface area contributed by atoms with Crippen molar-refractivity contribution in [2.24, 2.45) is 0 Å². The minimum atomic E-state index is 0.420. The number of benzene rings is 11. The summed E-state index contributed by atoms with van der Waals surface area (Å²) in [5.41, 5.74) is 15.0. The van der Waals surface area contributed by atoms with Crippen molar-refractivity contribution in [1.29, 1.82) is 10.5 Å². The van der Waals surface area contributed by atoms with Gasteiger partial charge in [-0.25, -0.2) is 15.0 Å². The number of aromatic nitrogens is 7. The number of nitrogens with zero attached hydrogens (tertiary/aromatic N) is 9. The van der Waals surface area contributed by atoms with E-state index in [9.17, 15) is 10.5 Å². The summed E-state index contributed by atoms with van der Waals surface area (Å²) >= 11 is 0. The van der Waals surface area contributed by atoms with Crippen molar-refractivity contribution in [3.63, 3.8) is 0 Å². The molecule has 0 bridgehead atoms. The maximum absolute atomic E-state index is 10.7. The van der Waals surface area contributed by atoms with Crippen LogP contribution in [0.3, 0.4) is 0 Å². The predicted octanol–water partition coefficient (Wildman–Crippen LogP) is 17.0. The van der Waals surface area contributed by atoms with Crippen LogP contribution in [-0.4, -0.2) is 33.2 Å². The number of para-hydroxylation sites is 6. The largest absolute Gasteiger partial charge is 0.309 e. The van der Waals surface area contributed by atoms with Crippen molar-refractivity contribution in [3.8, 4) is 69.1 Å². The third kappa shape index (κ3) is 6.72. The Labute approximate surface area is 457 Å². The van der Waals surface area contributed by atoms with Gasteiger partial charge in [-0.15, -0.1) is 0 Å². The average molecular weight is 1020 g/mol. The van der Waals surface area contributed by atoms with E-state index in [-0.39, 0.29) is 0 Å². The molecule has 5 heterocycles. The van der Waals surface area contributed by atoms with E-state index in [0.717, 1.165) is 94.0 Å². The van der Waals surface area contributed by atoms with Crippen LogP contribution in [0.5, 0.6) is 0 Å². The first kappa shape index (κ1) is 44.9. The quantitative estimate of drug-likeness (QED) is 0.158. The first-order valence-electron chi connectivity index (χ1n) is 26.5. The second-order valence-corrected chi connectivity index (χ2v) is 20.2. The molecule has 0 radical (unpaired) electrons. The maximum atomic E-state index is 10.7. The van der Waals surface area contributed by atoms with Crippen molar-refractivity contribution >= 4 is 87.2 Å². The summed E-state index contributed by atoms with van der Waals surface area (Å²) in [4.78, 5) is 16.2. The molecule has 16 rings (SSSR count). The number of hydrogen-bond acceptors (Lipinski definition) is 5. The van der Waals surface area contributed by atoms with Gasteiger partial charge in [0.15, 0.2) is 17.5 Å². The molecule has 9 heteroatoms. The highest BCUT2D eigenvalue weighted by Crippen LogP contribution is 2.42. The van der Waals surface area contributed by atoms with E-state index in [1.807, 2.05) is 66.7 Å². The zero-order valence-corrected chi connectivity index (χ0v) is 42.7. The third-order valence-corrected chi connectivity index (χ3v) is 15.9. The molecule has 0 spiro atoms. The van der Waals surface area contributed by atoms with Gasteiger partial charge in [0.25, 0.3) is 0 Å². The van der Waals surface area contributed by atoms with Gasteiger partial charge in [-0.2, -0.15) is 10.5 Å². The highest BCUT2D eigenvalue weighted by Gasteiger charge is 2.25. The molecule has 0 atom stereocenters. The molecular weight excluding hydrogens is 979 g/mol. The SMILES string of the molecule is N#Cc1ccc(-c2nc(-c3ccccc3)nc(-c3ccc(C#N)cc3-n3c4ccccc4c4ccc(-n5c6ccccc6c6ccccc65)cc43)n2)c(-n2c3ccccc3c3ccc(-n4c5ccccc5c5ccccc54)cc32)c1. The summed E-state index contributed by atoms with van der Waals surface area (Å²) in [6, 6.07) is 90.7. The van der Waals surface area contributed by atoms with Gasteiger partial charge in [0.1, 0.15) is 0 Å². The van der Waals surface area contributed by atoms with Crippen molar-refractivity contribution in [1.82, 2.24) is 33.2 Å². The second kappa shape index (κ2) is 17.6. The number of hydrogen-bond donors (Lipinski definition) is 0. The van der Waals surface area contributed by atoms with Crippen LogP contribution >= 0.6 is 0 Å². The van der Waals surface area contributed by atoms with Gasteiger partial charge in [-0.1, -0.05) is 152 Å². The number of fused-ring (bicyclic) bond motifs is 12. The van der Waals surface area contributed by atoms with E-state index in [1.165, 1.54) is 21.5 Å². The molecule has 0 saturated carbocycles. The fraction of sp³-hybridized carbons (Fsp3) is 0. The van der Waals surface area contributed by atoms with E-state index in [1.54, 1.807) is 0 Å². The lowest BCUT2D eigenvalue weighted by molar-refractivity contribution is 1.06. The summed E-state index contributed by atoms with van der Waals surface area (Å²) in [7, 11) is 0. The van der Waals surface area contributed by atoms with Crippen LogP contribution in [-0.2, 0) is 0 Å². The minimum Gasteiger partial charge on any atom is -0.309 e. The maximum Gasteiger partial charge on any atom is 0.166 e. The highest BCUT2D eigenvalue weighted by atomic mass is 15.1. The van der Waals surface area contributed by atoms with Gasteiger partial charge in [-0.3, -0.25) is 0 Å². The van der Waals surface area contributed by atoms with Crippen molar-refractivity contribution in [3.05, 3.63) is 260 Å². The molecule has 9 nitrogen and oxygen atoms in total. The lowest BCUT2D eigenvalue weighted by atomic mass is 10.1.